The van der Waals surface area contributed by atoms with Gasteiger partial charge in [-0.05, 0) is 57.1 Å². The van der Waals surface area contributed by atoms with Gasteiger partial charge in [0.05, 0.1) is 0 Å². The van der Waals surface area contributed by atoms with Gasteiger partial charge < -0.3 is 5.11 Å². The quantitative estimate of drug-likeness (QED) is 0.599. The van der Waals surface area contributed by atoms with Gasteiger partial charge in [-0.2, -0.15) is 0 Å². The summed E-state index contributed by atoms with van der Waals surface area (Å²) >= 11 is 0. The van der Waals surface area contributed by atoms with Gasteiger partial charge in [-0.25, -0.2) is 0 Å². The fraction of sp³-hybridized carbons (Fsp3) is 0.647. The van der Waals surface area contributed by atoms with Crippen molar-refractivity contribution in [1.82, 2.24) is 0 Å². The Bertz CT molecular complexity index is 321. The maximum atomic E-state index is 9.12. The van der Waals surface area contributed by atoms with Gasteiger partial charge in [-0.3, -0.25) is 0 Å². The van der Waals surface area contributed by atoms with Gasteiger partial charge in [0.2, 0.25) is 0 Å². The van der Waals surface area contributed by atoms with Crippen LogP contribution in [0.25, 0.3) is 0 Å². The predicted molar refractivity (Wildman–Crippen MR) is 81.7 cm³/mol. The highest BCUT2D eigenvalue weighted by Crippen LogP contribution is 2.29. The molecule has 0 aromatic heterocycles. The lowest BCUT2D eigenvalue weighted by molar-refractivity contribution is 0.253. The molecule has 0 aromatic carbocycles. The molecule has 104 valence electrons. The van der Waals surface area contributed by atoms with E-state index in [0.29, 0.717) is 5.92 Å². The summed E-state index contributed by atoms with van der Waals surface area (Å²) in [5, 5.41) is 9.12. The van der Waals surface area contributed by atoms with Crippen molar-refractivity contribution in [2.24, 2.45) is 5.92 Å². The Morgan fingerprint density at radius 3 is 2.28 bits per heavy atom. The Morgan fingerprint density at radius 2 is 1.89 bits per heavy atom. The molecule has 0 rings (SSSR count). The highest BCUT2D eigenvalue weighted by molar-refractivity contribution is 5.41. The van der Waals surface area contributed by atoms with E-state index < -0.39 is 0 Å². The highest BCUT2D eigenvalue weighted by atomic mass is 16.3. The molecule has 0 amide bonds. The molecule has 0 saturated carbocycles. The molecule has 1 nitrogen and oxygen atoms in total. The Hall–Kier alpha value is -0.820. The molecule has 0 radical (unpaired) electrons. The van der Waals surface area contributed by atoms with Gasteiger partial charge in [-0.15, -0.1) is 0 Å². The Labute approximate surface area is 113 Å². The summed E-state index contributed by atoms with van der Waals surface area (Å²) in [5.41, 5.74) is 5.33. The van der Waals surface area contributed by atoms with Crippen LogP contribution in [0, 0.1) is 5.92 Å². The average Bonchev–Trinajstić information content (AvgIpc) is 2.40. The van der Waals surface area contributed by atoms with E-state index in [2.05, 4.69) is 47.3 Å². The topological polar surface area (TPSA) is 20.2 Å². The van der Waals surface area contributed by atoms with Crippen molar-refractivity contribution in [3.8, 4) is 0 Å². The minimum absolute atomic E-state index is 0.284. The summed E-state index contributed by atoms with van der Waals surface area (Å²) in [5.74, 6) is 0.563. The van der Waals surface area contributed by atoms with Gasteiger partial charge >= 0.3 is 0 Å². The molecule has 1 heteroatoms. The van der Waals surface area contributed by atoms with Crippen LogP contribution < -0.4 is 0 Å². The van der Waals surface area contributed by atoms with Crippen LogP contribution in [0.2, 0.25) is 0 Å². The van der Waals surface area contributed by atoms with Gasteiger partial charge in [0.15, 0.2) is 0 Å². The van der Waals surface area contributed by atoms with Crippen molar-refractivity contribution in [3.63, 3.8) is 0 Å². The van der Waals surface area contributed by atoms with Crippen molar-refractivity contribution < 1.29 is 5.11 Å². The summed E-state index contributed by atoms with van der Waals surface area (Å²) in [7, 11) is 0. The number of rotatable bonds is 8. The molecule has 0 unspecified atom stereocenters. The third-order valence-corrected chi connectivity index (χ3v) is 3.94. The van der Waals surface area contributed by atoms with Crippen LogP contribution in [-0.2, 0) is 0 Å². The minimum atomic E-state index is 0.284. The van der Waals surface area contributed by atoms with E-state index in [1.165, 1.54) is 22.3 Å². The maximum Gasteiger partial charge on any atom is 0.0433 e. The van der Waals surface area contributed by atoms with E-state index in [0.717, 1.165) is 25.7 Å². The van der Waals surface area contributed by atoms with E-state index in [9.17, 15) is 0 Å². The number of hydrogen-bond acceptors (Lipinski definition) is 1. The van der Waals surface area contributed by atoms with Crippen molar-refractivity contribution in [3.05, 3.63) is 34.9 Å². The summed E-state index contributed by atoms with van der Waals surface area (Å²) in [4.78, 5) is 0. The monoisotopic (exact) mass is 250 g/mol. The van der Waals surface area contributed by atoms with Crippen LogP contribution in [0.15, 0.2) is 34.9 Å². The van der Waals surface area contributed by atoms with Crippen molar-refractivity contribution in [1.29, 1.82) is 0 Å². The van der Waals surface area contributed by atoms with Crippen LogP contribution >= 0.6 is 0 Å². The van der Waals surface area contributed by atoms with E-state index in [1.807, 2.05) is 0 Å². The first-order chi connectivity index (χ1) is 8.51. The predicted octanol–water partition coefficient (Wildman–Crippen LogP) is 5.03. The first-order valence-electron chi connectivity index (χ1n) is 7.13. The van der Waals surface area contributed by atoms with Gasteiger partial charge in [-0.1, -0.05) is 44.1 Å². The molecule has 0 aliphatic heterocycles. The number of aliphatic hydroxyl groups excluding tert-OH is 1. The van der Waals surface area contributed by atoms with Crippen molar-refractivity contribution in [2.45, 2.75) is 60.3 Å². The lowest BCUT2D eigenvalue weighted by Crippen LogP contribution is -2.06. The molecule has 1 atom stereocenters. The molecule has 0 spiro atoms. The first kappa shape index (κ1) is 17.2. The van der Waals surface area contributed by atoms with E-state index in [4.69, 9.17) is 5.11 Å². The van der Waals surface area contributed by atoms with Crippen molar-refractivity contribution >= 4 is 0 Å². The zero-order valence-corrected chi connectivity index (χ0v) is 12.8. The van der Waals surface area contributed by atoms with Crippen LogP contribution in [0.5, 0.6) is 0 Å². The highest BCUT2D eigenvalue weighted by Gasteiger charge is 2.13. The summed E-state index contributed by atoms with van der Waals surface area (Å²) in [6.45, 7) is 15.3. The van der Waals surface area contributed by atoms with E-state index in [1.54, 1.807) is 0 Å². The summed E-state index contributed by atoms with van der Waals surface area (Å²) in [6, 6.07) is 0. The van der Waals surface area contributed by atoms with Crippen LogP contribution in [0.4, 0.5) is 0 Å². The SMILES string of the molecule is C=C(CC)/C(C[C@@H](CC)CCO)=C(C)\C(C)=C/C. The maximum absolute atomic E-state index is 9.12. The van der Waals surface area contributed by atoms with Crippen LogP contribution in [0.3, 0.4) is 0 Å². The number of hydrogen-bond donors (Lipinski definition) is 1. The molecule has 0 aliphatic rings. The smallest absolute Gasteiger partial charge is 0.0433 e. The normalized spacial score (nSPS) is 15.3. The Kier molecular flexibility index (Phi) is 8.74. The lowest BCUT2D eigenvalue weighted by atomic mass is 9.86. The molecular formula is C17H30O. The third-order valence-electron chi connectivity index (χ3n) is 3.94. The second kappa shape index (κ2) is 9.16. The first-order valence-corrected chi connectivity index (χ1v) is 7.13. The Balaban J connectivity index is 5.18. The van der Waals surface area contributed by atoms with Gasteiger partial charge in [0.25, 0.3) is 0 Å². The molecule has 0 aliphatic carbocycles. The zero-order chi connectivity index (χ0) is 14.1. The third kappa shape index (κ3) is 5.22. The molecule has 0 fully saturated rings. The van der Waals surface area contributed by atoms with Gasteiger partial charge in [0, 0.05) is 6.61 Å². The lowest BCUT2D eigenvalue weighted by Gasteiger charge is -2.20. The van der Waals surface area contributed by atoms with Crippen molar-refractivity contribution in [2.75, 3.05) is 6.61 Å². The fourth-order valence-corrected chi connectivity index (χ4v) is 2.15. The average molecular weight is 250 g/mol. The molecule has 0 heterocycles. The molecule has 0 bridgehead atoms. The number of allylic oxidation sites excluding steroid dienone is 5. The Morgan fingerprint density at radius 1 is 1.28 bits per heavy atom. The van der Waals surface area contributed by atoms with Gasteiger partial charge in [0.1, 0.15) is 0 Å². The van der Waals surface area contributed by atoms with E-state index >= 15 is 0 Å². The van der Waals surface area contributed by atoms with Crippen LogP contribution in [0.1, 0.15) is 60.3 Å². The fourth-order valence-electron chi connectivity index (χ4n) is 2.15. The zero-order valence-electron chi connectivity index (χ0n) is 12.8. The molecular weight excluding hydrogens is 220 g/mol. The second-order valence-electron chi connectivity index (χ2n) is 5.02. The van der Waals surface area contributed by atoms with Crippen LogP contribution in [-0.4, -0.2) is 11.7 Å². The standard InChI is InChI=1S/C17H30O/c1-7-13(4)15(6)17(14(5)8-2)12-16(9-3)10-11-18/h7,16,18H,5,8-12H2,1-4,6H3/b13-7-,17-15-/t16-/m0/s1. The largest absolute Gasteiger partial charge is 0.396 e. The molecule has 0 aromatic rings. The molecule has 18 heavy (non-hydrogen) atoms. The summed E-state index contributed by atoms with van der Waals surface area (Å²) in [6.07, 6.45) is 6.20. The molecule has 0 saturated heterocycles. The number of aliphatic hydroxyl groups is 1. The second-order valence-corrected chi connectivity index (χ2v) is 5.02. The summed E-state index contributed by atoms with van der Waals surface area (Å²) < 4.78 is 0. The van der Waals surface area contributed by atoms with E-state index in [-0.39, 0.29) is 6.61 Å². The molecule has 1 N–H and O–H groups in total. The minimum Gasteiger partial charge on any atom is -0.396 e.